The second-order valence-electron chi connectivity index (χ2n) is 5.10. The molecule has 1 amide bonds. The highest BCUT2D eigenvalue weighted by Gasteiger charge is 2.16. The molecule has 1 aromatic carbocycles. The van der Waals surface area contributed by atoms with Crippen molar-refractivity contribution in [3.63, 3.8) is 0 Å². The zero-order valence-corrected chi connectivity index (χ0v) is 11.9. The number of aromatic amines is 1. The van der Waals surface area contributed by atoms with E-state index < -0.39 is 17.5 Å². The van der Waals surface area contributed by atoms with Crippen LogP contribution in [0.3, 0.4) is 0 Å². The molecule has 0 aliphatic rings. The molecule has 0 saturated carbocycles. The number of H-pyrrole nitrogens is 1. The van der Waals surface area contributed by atoms with E-state index in [4.69, 9.17) is 0 Å². The third kappa shape index (κ3) is 3.46. The molecule has 0 bridgehead atoms. The Morgan fingerprint density at radius 2 is 2.14 bits per heavy atom. The highest BCUT2D eigenvalue weighted by atomic mass is 19.1. The van der Waals surface area contributed by atoms with E-state index in [2.05, 4.69) is 4.98 Å². The zero-order chi connectivity index (χ0) is 15.6. The van der Waals surface area contributed by atoms with Crippen molar-refractivity contribution in [2.75, 3.05) is 13.6 Å². The summed E-state index contributed by atoms with van der Waals surface area (Å²) in [6, 6.07) is 5.11. The number of hydrogen-bond donors (Lipinski definition) is 2. The maximum atomic E-state index is 13.2. The Kier molecular flexibility index (Phi) is 4.37. The summed E-state index contributed by atoms with van der Waals surface area (Å²) in [4.78, 5) is 28.0. The van der Waals surface area contributed by atoms with E-state index in [9.17, 15) is 19.1 Å². The van der Waals surface area contributed by atoms with E-state index >= 15 is 0 Å². The summed E-state index contributed by atoms with van der Waals surface area (Å²) in [5.41, 5.74) is 0.0528. The first-order valence-corrected chi connectivity index (χ1v) is 6.64. The Morgan fingerprint density at radius 1 is 1.43 bits per heavy atom. The van der Waals surface area contributed by atoms with E-state index in [1.807, 2.05) is 0 Å². The molecule has 2 N–H and O–H groups in total. The Labute approximate surface area is 121 Å². The Morgan fingerprint density at radius 3 is 2.81 bits per heavy atom. The fourth-order valence-corrected chi connectivity index (χ4v) is 2.10. The fraction of sp³-hybridized carbons (Fsp3) is 0.333. The van der Waals surface area contributed by atoms with Crippen molar-refractivity contribution in [2.24, 2.45) is 0 Å². The predicted octanol–water partition coefficient (Wildman–Crippen LogP) is 1.51. The number of pyridine rings is 1. The number of aliphatic hydroxyl groups excluding tert-OH is 1. The number of fused-ring (bicyclic) bond motifs is 1. The summed E-state index contributed by atoms with van der Waals surface area (Å²) in [6.45, 7) is 2.01. The predicted molar refractivity (Wildman–Crippen MR) is 77.8 cm³/mol. The molecular formula is C15H17FN2O3. The van der Waals surface area contributed by atoms with Crippen LogP contribution >= 0.6 is 0 Å². The lowest BCUT2D eigenvalue weighted by molar-refractivity contribution is 0.0770. The number of carbonyl (C=O) groups is 1. The number of nitrogens with zero attached hydrogens (tertiary/aromatic N) is 1. The molecule has 1 heterocycles. The fourth-order valence-electron chi connectivity index (χ4n) is 2.10. The smallest absolute Gasteiger partial charge is 0.254 e. The second kappa shape index (κ2) is 6.05. The number of aliphatic hydroxyl groups is 1. The lowest BCUT2D eigenvalue weighted by Gasteiger charge is -2.18. The lowest BCUT2D eigenvalue weighted by atomic mass is 10.1. The summed E-state index contributed by atoms with van der Waals surface area (Å²) in [5.74, 6) is -0.816. The summed E-state index contributed by atoms with van der Waals surface area (Å²) < 4.78 is 13.2. The third-order valence-corrected chi connectivity index (χ3v) is 3.26. The van der Waals surface area contributed by atoms with Gasteiger partial charge in [-0.3, -0.25) is 9.59 Å². The van der Waals surface area contributed by atoms with Crippen molar-refractivity contribution in [3.05, 3.63) is 46.0 Å². The van der Waals surface area contributed by atoms with Gasteiger partial charge >= 0.3 is 0 Å². The van der Waals surface area contributed by atoms with Crippen LogP contribution in [0.4, 0.5) is 4.39 Å². The van der Waals surface area contributed by atoms with Gasteiger partial charge in [0.15, 0.2) is 0 Å². The van der Waals surface area contributed by atoms with Crippen molar-refractivity contribution in [1.82, 2.24) is 9.88 Å². The summed E-state index contributed by atoms with van der Waals surface area (Å²) >= 11 is 0. The van der Waals surface area contributed by atoms with Gasteiger partial charge in [-0.15, -0.1) is 0 Å². The van der Waals surface area contributed by atoms with Crippen LogP contribution in [0.5, 0.6) is 0 Å². The van der Waals surface area contributed by atoms with Crippen molar-refractivity contribution in [2.45, 2.75) is 19.4 Å². The van der Waals surface area contributed by atoms with E-state index in [0.29, 0.717) is 18.4 Å². The monoisotopic (exact) mass is 292 g/mol. The number of amides is 1. The van der Waals surface area contributed by atoms with Gasteiger partial charge in [0.25, 0.3) is 5.91 Å². The van der Waals surface area contributed by atoms with Crippen LogP contribution < -0.4 is 5.56 Å². The van der Waals surface area contributed by atoms with Crippen LogP contribution in [0, 0.1) is 5.82 Å². The van der Waals surface area contributed by atoms with Gasteiger partial charge in [-0.1, -0.05) is 0 Å². The van der Waals surface area contributed by atoms with E-state index in [1.165, 1.54) is 29.2 Å². The molecule has 0 saturated heterocycles. The highest BCUT2D eigenvalue weighted by Crippen LogP contribution is 2.17. The molecule has 112 valence electrons. The molecule has 0 radical (unpaired) electrons. The average molecular weight is 292 g/mol. The largest absolute Gasteiger partial charge is 0.393 e. The second-order valence-corrected chi connectivity index (χ2v) is 5.10. The van der Waals surface area contributed by atoms with Crippen LogP contribution in [-0.4, -0.2) is 40.6 Å². The number of aromatic nitrogens is 1. The maximum absolute atomic E-state index is 13.2. The van der Waals surface area contributed by atoms with Crippen LogP contribution in [0.2, 0.25) is 0 Å². The Balaban J connectivity index is 2.41. The molecule has 1 aromatic heterocycles. The summed E-state index contributed by atoms with van der Waals surface area (Å²) in [5, 5.41) is 9.76. The van der Waals surface area contributed by atoms with E-state index in [0.717, 1.165) is 0 Å². The van der Waals surface area contributed by atoms with Gasteiger partial charge in [-0.05, 0) is 31.5 Å². The third-order valence-electron chi connectivity index (χ3n) is 3.26. The Bertz CT molecular complexity index is 724. The van der Waals surface area contributed by atoms with Gasteiger partial charge in [0.1, 0.15) is 5.82 Å². The van der Waals surface area contributed by atoms with Crippen LogP contribution in [0.1, 0.15) is 23.7 Å². The molecule has 1 unspecified atom stereocenters. The number of carbonyl (C=O) groups excluding carboxylic acids is 1. The number of rotatable bonds is 4. The molecule has 1 atom stereocenters. The van der Waals surface area contributed by atoms with Gasteiger partial charge < -0.3 is 15.0 Å². The lowest BCUT2D eigenvalue weighted by Crippen LogP contribution is -2.30. The molecule has 2 rings (SSSR count). The molecule has 0 spiro atoms. The first kappa shape index (κ1) is 15.2. The van der Waals surface area contributed by atoms with E-state index in [1.54, 1.807) is 14.0 Å². The average Bonchev–Trinajstić information content (AvgIpc) is 2.42. The topological polar surface area (TPSA) is 73.4 Å². The van der Waals surface area contributed by atoms with Crippen molar-refractivity contribution >= 4 is 16.8 Å². The minimum atomic E-state index is -0.509. The van der Waals surface area contributed by atoms with Crippen molar-refractivity contribution in [1.29, 1.82) is 0 Å². The first-order chi connectivity index (χ1) is 9.88. The van der Waals surface area contributed by atoms with Crippen molar-refractivity contribution in [3.8, 4) is 0 Å². The number of nitrogens with one attached hydrogen (secondary N) is 1. The first-order valence-electron chi connectivity index (χ1n) is 6.64. The van der Waals surface area contributed by atoms with E-state index in [-0.39, 0.29) is 17.0 Å². The molecule has 0 fully saturated rings. The summed E-state index contributed by atoms with van der Waals surface area (Å²) in [6.07, 6.45) is -0.0666. The van der Waals surface area contributed by atoms with Crippen LogP contribution in [0.15, 0.2) is 29.1 Å². The van der Waals surface area contributed by atoms with Gasteiger partial charge in [0.2, 0.25) is 5.56 Å². The highest BCUT2D eigenvalue weighted by molar-refractivity contribution is 6.05. The zero-order valence-electron chi connectivity index (χ0n) is 11.9. The molecule has 0 aliphatic carbocycles. The van der Waals surface area contributed by atoms with Crippen LogP contribution in [0.25, 0.3) is 10.9 Å². The minimum Gasteiger partial charge on any atom is -0.393 e. The molecule has 2 aromatic rings. The molecule has 6 heteroatoms. The van der Waals surface area contributed by atoms with Gasteiger partial charge in [0.05, 0.1) is 17.2 Å². The quantitative estimate of drug-likeness (QED) is 0.897. The summed E-state index contributed by atoms with van der Waals surface area (Å²) in [7, 11) is 1.60. The number of halogens is 1. The van der Waals surface area contributed by atoms with Gasteiger partial charge in [-0.25, -0.2) is 4.39 Å². The SMILES string of the molecule is CC(O)CCN(C)C(=O)c1cc(=O)[nH]c2cc(F)ccc12. The van der Waals surface area contributed by atoms with Gasteiger partial charge in [-0.2, -0.15) is 0 Å². The normalized spacial score (nSPS) is 12.4. The minimum absolute atomic E-state index is 0.224. The number of benzene rings is 1. The molecular weight excluding hydrogens is 275 g/mol. The maximum Gasteiger partial charge on any atom is 0.254 e. The van der Waals surface area contributed by atoms with Crippen LogP contribution in [-0.2, 0) is 0 Å². The molecule has 5 nitrogen and oxygen atoms in total. The standard InChI is InChI=1S/C15H17FN2O3/c1-9(19)5-6-18(2)15(21)12-8-14(20)17-13-7-10(16)3-4-11(12)13/h3-4,7-9,19H,5-6H2,1-2H3,(H,17,20). The number of hydrogen-bond acceptors (Lipinski definition) is 3. The Hall–Kier alpha value is -2.21. The van der Waals surface area contributed by atoms with Gasteiger partial charge in [0, 0.05) is 25.0 Å². The molecule has 0 aliphatic heterocycles. The van der Waals surface area contributed by atoms with Crippen molar-refractivity contribution < 1.29 is 14.3 Å². The molecule has 21 heavy (non-hydrogen) atoms.